The Labute approximate surface area is 99.8 Å². The number of allylic oxidation sites excluding steroid dienone is 2. The Hall–Kier alpha value is -2.22. The molecule has 17 heavy (non-hydrogen) atoms. The monoisotopic (exact) mass is 224 g/mol. The van der Waals surface area contributed by atoms with Crippen molar-refractivity contribution in [2.75, 3.05) is 0 Å². The molecule has 1 heterocycles. The van der Waals surface area contributed by atoms with Gasteiger partial charge in [-0.15, -0.1) is 0 Å². The fourth-order valence-corrected chi connectivity index (χ4v) is 1.86. The maximum absolute atomic E-state index is 5.81. The average Bonchev–Trinajstić information content (AvgIpc) is 2.40. The summed E-state index contributed by atoms with van der Waals surface area (Å²) in [5.41, 5.74) is 0. The standard InChI is InChI=1S/C15H12O2/c1-2-8-13-12(6-1)7-5-9-14(13)17-15-10-3-4-11-16-15/h1-11,15H. The lowest BCUT2D eigenvalue weighted by atomic mass is 10.1. The maximum Gasteiger partial charge on any atom is 0.260 e. The van der Waals surface area contributed by atoms with E-state index in [0.29, 0.717) is 0 Å². The number of rotatable bonds is 2. The van der Waals surface area contributed by atoms with E-state index in [9.17, 15) is 0 Å². The normalized spacial score (nSPS) is 18.0. The van der Waals surface area contributed by atoms with Gasteiger partial charge in [0, 0.05) is 5.39 Å². The molecule has 0 saturated heterocycles. The van der Waals surface area contributed by atoms with Crippen LogP contribution >= 0.6 is 0 Å². The molecule has 1 atom stereocenters. The third kappa shape index (κ3) is 2.02. The van der Waals surface area contributed by atoms with E-state index in [1.807, 2.05) is 48.6 Å². The molecule has 2 heteroatoms. The summed E-state index contributed by atoms with van der Waals surface area (Å²) >= 11 is 0. The fraction of sp³-hybridized carbons (Fsp3) is 0.0667. The molecule has 1 aliphatic rings. The Bertz CT molecular complexity index is 579. The van der Waals surface area contributed by atoms with Gasteiger partial charge in [-0.05, 0) is 23.6 Å². The van der Waals surface area contributed by atoms with Gasteiger partial charge in [0.25, 0.3) is 6.29 Å². The van der Waals surface area contributed by atoms with Crippen LogP contribution in [0.15, 0.2) is 67.0 Å². The van der Waals surface area contributed by atoms with Gasteiger partial charge >= 0.3 is 0 Å². The minimum Gasteiger partial charge on any atom is -0.459 e. The minimum absolute atomic E-state index is 0.342. The second-order valence-corrected chi connectivity index (χ2v) is 3.81. The number of benzene rings is 2. The van der Waals surface area contributed by atoms with Crippen molar-refractivity contribution >= 4 is 10.8 Å². The Morgan fingerprint density at radius 1 is 0.941 bits per heavy atom. The molecular formula is C15H12O2. The molecule has 0 amide bonds. The van der Waals surface area contributed by atoms with Gasteiger partial charge in [-0.25, -0.2) is 0 Å². The molecule has 2 aromatic carbocycles. The van der Waals surface area contributed by atoms with Crippen LogP contribution in [-0.2, 0) is 4.74 Å². The molecule has 2 aromatic rings. The molecule has 0 bridgehead atoms. The summed E-state index contributed by atoms with van der Waals surface area (Å²) in [7, 11) is 0. The van der Waals surface area contributed by atoms with Gasteiger partial charge in [0.05, 0.1) is 6.26 Å². The molecule has 0 N–H and O–H groups in total. The van der Waals surface area contributed by atoms with E-state index in [1.54, 1.807) is 6.26 Å². The second kappa shape index (κ2) is 4.34. The zero-order valence-corrected chi connectivity index (χ0v) is 9.24. The summed E-state index contributed by atoms with van der Waals surface area (Å²) in [6.07, 6.45) is 6.92. The quantitative estimate of drug-likeness (QED) is 0.775. The van der Waals surface area contributed by atoms with E-state index < -0.39 is 0 Å². The second-order valence-electron chi connectivity index (χ2n) is 3.81. The number of ether oxygens (including phenoxy) is 2. The van der Waals surface area contributed by atoms with Gasteiger partial charge in [-0.2, -0.15) is 0 Å². The largest absolute Gasteiger partial charge is 0.459 e. The molecule has 1 unspecified atom stereocenters. The summed E-state index contributed by atoms with van der Waals surface area (Å²) in [4.78, 5) is 0. The van der Waals surface area contributed by atoms with Gasteiger partial charge in [-0.1, -0.05) is 42.5 Å². The molecule has 84 valence electrons. The number of hydrogen-bond acceptors (Lipinski definition) is 2. The van der Waals surface area contributed by atoms with Crippen LogP contribution in [0.4, 0.5) is 0 Å². The van der Waals surface area contributed by atoms with E-state index in [1.165, 1.54) is 5.39 Å². The topological polar surface area (TPSA) is 18.5 Å². The molecule has 2 nitrogen and oxygen atoms in total. The van der Waals surface area contributed by atoms with Crippen molar-refractivity contribution in [3.05, 3.63) is 67.0 Å². The minimum atomic E-state index is -0.342. The van der Waals surface area contributed by atoms with Gasteiger partial charge in [-0.3, -0.25) is 0 Å². The van der Waals surface area contributed by atoms with Crippen LogP contribution in [0.25, 0.3) is 10.8 Å². The molecule has 0 fully saturated rings. The predicted molar refractivity (Wildman–Crippen MR) is 67.7 cm³/mol. The van der Waals surface area contributed by atoms with Crippen molar-refractivity contribution < 1.29 is 9.47 Å². The van der Waals surface area contributed by atoms with E-state index >= 15 is 0 Å². The van der Waals surface area contributed by atoms with Crippen LogP contribution < -0.4 is 4.74 Å². The molecule has 3 rings (SSSR count). The molecular weight excluding hydrogens is 212 g/mol. The SMILES string of the molecule is C1=COC(Oc2cccc3ccccc23)C=C1. The van der Waals surface area contributed by atoms with E-state index in [-0.39, 0.29) is 6.29 Å². The Morgan fingerprint density at radius 3 is 2.71 bits per heavy atom. The smallest absolute Gasteiger partial charge is 0.260 e. The first-order chi connectivity index (χ1) is 8.43. The molecule has 0 aromatic heterocycles. The highest BCUT2D eigenvalue weighted by Crippen LogP contribution is 2.26. The van der Waals surface area contributed by atoms with Gasteiger partial charge in [0.1, 0.15) is 5.75 Å². The lowest BCUT2D eigenvalue weighted by molar-refractivity contribution is 0.00899. The summed E-state index contributed by atoms with van der Waals surface area (Å²) in [5, 5.41) is 2.27. The Kier molecular flexibility index (Phi) is 2.54. The van der Waals surface area contributed by atoms with Gasteiger partial charge in [0.15, 0.2) is 0 Å². The molecule has 0 spiro atoms. The zero-order chi connectivity index (χ0) is 11.5. The number of fused-ring (bicyclic) bond motifs is 1. The highest BCUT2D eigenvalue weighted by molar-refractivity contribution is 5.88. The fourth-order valence-electron chi connectivity index (χ4n) is 1.86. The summed E-state index contributed by atoms with van der Waals surface area (Å²) in [6, 6.07) is 14.2. The average molecular weight is 224 g/mol. The Morgan fingerprint density at radius 2 is 1.82 bits per heavy atom. The molecule has 0 saturated carbocycles. The third-order valence-corrected chi connectivity index (χ3v) is 2.66. The summed E-state index contributed by atoms with van der Waals surface area (Å²) in [5.74, 6) is 0.841. The predicted octanol–water partition coefficient (Wildman–Crippen LogP) is 3.64. The van der Waals surface area contributed by atoms with Crippen molar-refractivity contribution in [3.63, 3.8) is 0 Å². The lowest BCUT2D eigenvalue weighted by Gasteiger charge is -2.17. The van der Waals surface area contributed by atoms with Crippen LogP contribution in [0.1, 0.15) is 0 Å². The number of hydrogen-bond donors (Lipinski definition) is 0. The van der Waals surface area contributed by atoms with Crippen molar-refractivity contribution in [2.45, 2.75) is 6.29 Å². The van der Waals surface area contributed by atoms with Crippen LogP contribution in [0.3, 0.4) is 0 Å². The molecule has 1 aliphatic heterocycles. The van der Waals surface area contributed by atoms with E-state index in [4.69, 9.17) is 9.47 Å². The van der Waals surface area contributed by atoms with Gasteiger partial charge < -0.3 is 9.47 Å². The Balaban J connectivity index is 1.94. The molecule has 0 radical (unpaired) electrons. The van der Waals surface area contributed by atoms with E-state index in [0.717, 1.165) is 11.1 Å². The van der Waals surface area contributed by atoms with Gasteiger partial charge in [0.2, 0.25) is 0 Å². The van der Waals surface area contributed by atoms with Crippen molar-refractivity contribution in [3.8, 4) is 5.75 Å². The van der Waals surface area contributed by atoms with Crippen LogP contribution in [-0.4, -0.2) is 6.29 Å². The first-order valence-electron chi connectivity index (χ1n) is 5.57. The first kappa shape index (κ1) is 9.97. The van der Waals surface area contributed by atoms with Crippen LogP contribution in [0, 0.1) is 0 Å². The van der Waals surface area contributed by atoms with Crippen molar-refractivity contribution in [2.24, 2.45) is 0 Å². The van der Waals surface area contributed by atoms with Crippen molar-refractivity contribution in [1.82, 2.24) is 0 Å². The highest BCUT2D eigenvalue weighted by atomic mass is 16.7. The highest BCUT2D eigenvalue weighted by Gasteiger charge is 2.09. The van der Waals surface area contributed by atoms with Crippen LogP contribution in [0.2, 0.25) is 0 Å². The summed E-state index contributed by atoms with van der Waals surface area (Å²) < 4.78 is 11.1. The van der Waals surface area contributed by atoms with Crippen molar-refractivity contribution in [1.29, 1.82) is 0 Å². The first-order valence-corrected chi connectivity index (χ1v) is 5.57. The third-order valence-electron chi connectivity index (χ3n) is 2.66. The van der Waals surface area contributed by atoms with Crippen LogP contribution in [0.5, 0.6) is 5.75 Å². The molecule has 0 aliphatic carbocycles. The summed E-state index contributed by atoms with van der Waals surface area (Å²) in [6.45, 7) is 0. The maximum atomic E-state index is 5.81. The lowest BCUT2D eigenvalue weighted by Crippen LogP contribution is -2.16. The zero-order valence-electron chi connectivity index (χ0n) is 9.24. The van der Waals surface area contributed by atoms with E-state index in [2.05, 4.69) is 12.1 Å².